The van der Waals surface area contributed by atoms with E-state index in [0.29, 0.717) is 0 Å². The van der Waals surface area contributed by atoms with E-state index in [1.165, 1.54) is 22.3 Å². The Balaban J connectivity index is 1.95. The maximum atomic E-state index is 4.58. The van der Waals surface area contributed by atoms with Gasteiger partial charge in [0.2, 0.25) is 0 Å². The number of hydrogen-bond donors (Lipinski definition) is 1. The van der Waals surface area contributed by atoms with Crippen LogP contribution in [0.4, 0.5) is 0 Å². The lowest BCUT2D eigenvalue weighted by atomic mass is 9.99. The Kier molecular flexibility index (Phi) is 3.89. The second-order valence-corrected chi connectivity index (χ2v) is 5.36. The van der Waals surface area contributed by atoms with Crippen molar-refractivity contribution in [2.24, 2.45) is 0 Å². The maximum absolute atomic E-state index is 4.58. The van der Waals surface area contributed by atoms with Crippen molar-refractivity contribution in [2.45, 2.75) is 11.3 Å². The third kappa shape index (κ3) is 2.94. The largest absolute Gasteiger partial charge is 0.143 e. The summed E-state index contributed by atoms with van der Waals surface area (Å²) in [6, 6.07) is 27.4. The molecule has 0 saturated carbocycles. The molecule has 0 aromatic heterocycles. The molecule has 0 unspecified atom stereocenters. The summed E-state index contributed by atoms with van der Waals surface area (Å²) >= 11 is 4.58. The van der Waals surface area contributed by atoms with E-state index in [1.54, 1.807) is 0 Å². The van der Waals surface area contributed by atoms with Crippen LogP contribution in [0.3, 0.4) is 0 Å². The minimum atomic E-state index is 0.953. The van der Waals surface area contributed by atoms with Crippen LogP contribution in [0.15, 0.2) is 83.8 Å². The van der Waals surface area contributed by atoms with Crippen LogP contribution < -0.4 is 0 Å². The molecule has 0 spiro atoms. The predicted molar refractivity (Wildman–Crippen MR) is 88.4 cm³/mol. The van der Waals surface area contributed by atoms with Gasteiger partial charge in [-0.2, -0.15) is 0 Å². The maximum Gasteiger partial charge on any atom is 0.0119 e. The molecule has 3 aromatic carbocycles. The van der Waals surface area contributed by atoms with E-state index >= 15 is 0 Å². The first-order valence-electron chi connectivity index (χ1n) is 6.74. The van der Waals surface area contributed by atoms with Gasteiger partial charge in [-0.05, 0) is 40.8 Å². The first-order valence-corrected chi connectivity index (χ1v) is 7.19. The van der Waals surface area contributed by atoms with Gasteiger partial charge in [0.15, 0.2) is 0 Å². The fourth-order valence-electron chi connectivity index (χ4n) is 2.37. The minimum Gasteiger partial charge on any atom is -0.143 e. The lowest BCUT2D eigenvalue weighted by Crippen LogP contribution is -1.89. The van der Waals surface area contributed by atoms with Crippen LogP contribution >= 0.6 is 12.6 Å². The predicted octanol–water partition coefficient (Wildman–Crippen LogP) is 5.23. The third-order valence-corrected chi connectivity index (χ3v) is 3.79. The van der Waals surface area contributed by atoms with Crippen molar-refractivity contribution in [3.8, 4) is 11.1 Å². The topological polar surface area (TPSA) is 0 Å². The van der Waals surface area contributed by atoms with E-state index in [-0.39, 0.29) is 0 Å². The molecule has 0 fully saturated rings. The van der Waals surface area contributed by atoms with Crippen molar-refractivity contribution >= 4 is 12.6 Å². The molecule has 0 saturated heterocycles. The first kappa shape index (κ1) is 13.0. The summed E-state index contributed by atoms with van der Waals surface area (Å²) in [5, 5.41) is 0. The molecule has 0 atom stereocenters. The zero-order valence-corrected chi connectivity index (χ0v) is 12.1. The van der Waals surface area contributed by atoms with Gasteiger partial charge in [-0.25, -0.2) is 0 Å². The monoisotopic (exact) mass is 276 g/mol. The summed E-state index contributed by atoms with van der Waals surface area (Å²) < 4.78 is 0. The molecule has 0 aliphatic heterocycles. The molecule has 20 heavy (non-hydrogen) atoms. The Morgan fingerprint density at radius 3 is 2.00 bits per heavy atom. The Morgan fingerprint density at radius 2 is 1.30 bits per heavy atom. The quantitative estimate of drug-likeness (QED) is 0.622. The van der Waals surface area contributed by atoms with Crippen LogP contribution in [0.2, 0.25) is 0 Å². The van der Waals surface area contributed by atoms with Gasteiger partial charge in [0.1, 0.15) is 0 Å². The lowest BCUT2D eigenvalue weighted by Gasteiger charge is -2.09. The highest BCUT2D eigenvalue weighted by Gasteiger charge is 2.04. The van der Waals surface area contributed by atoms with Crippen LogP contribution in [0.1, 0.15) is 11.1 Å². The van der Waals surface area contributed by atoms with Crippen molar-refractivity contribution in [2.75, 3.05) is 0 Å². The molecule has 0 radical (unpaired) electrons. The van der Waals surface area contributed by atoms with Crippen LogP contribution in [0, 0.1) is 0 Å². The number of rotatable bonds is 3. The van der Waals surface area contributed by atoms with E-state index in [9.17, 15) is 0 Å². The van der Waals surface area contributed by atoms with E-state index in [4.69, 9.17) is 0 Å². The second kappa shape index (κ2) is 5.98. The number of benzene rings is 3. The van der Waals surface area contributed by atoms with Crippen molar-refractivity contribution < 1.29 is 0 Å². The van der Waals surface area contributed by atoms with Crippen LogP contribution in [0.5, 0.6) is 0 Å². The highest BCUT2D eigenvalue weighted by molar-refractivity contribution is 7.80. The molecule has 3 aromatic rings. The summed E-state index contributed by atoms with van der Waals surface area (Å²) in [4.78, 5) is 1.02. The van der Waals surface area contributed by atoms with E-state index in [1.807, 2.05) is 6.07 Å². The smallest absolute Gasteiger partial charge is 0.0119 e. The van der Waals surface area contributed by atoms with Gasteiger partial charge < -0.3 is 0 Å². The van der Waals surface area contributed by atoms with Crippen molar-refractivity contribution in [3.63, 3.8) is 0 Å². The molecule has 0 bridgehead atoms. The average Bonchev–Trinajstić information content (AvgIpc) is 2.51. The second-order valence-electron chi connectivity index (χ2n) is 4.88. The van der Waals surface area contributed by atoms with Gasteiger partial charge in [0, 0.05) is 4.90 Å². The number of thiol groups is 1. The fraction of sp³-hybridized carbons (Fsp3) is 0.0526. The fourth-order valence-corrected chi connectivity index (χ4v) is 2.64. The molecule has 0 aliphatic rings. The van der Waals surface area contributed by atoms with Gasteiger partial charge >= 0.3 is 0 Å². The summed E-state index contributed by atoms with van der Waals surface area (Å²) in [5.41, 5.74) is 5.06. The Bertz CT molecular complexity index is 687. The average molecular weight is 276 g/mol. The summed E-state index contributed by atoms with van der Waals surface area (Å²) in [6.07, 6.45) is 0.953. The van der Waals surface area contributed by atoms with Crippen LogP contribution in [-0.4, -0.2) is 0 Å². The molecule has 3 rings (SSSR count). The Morgan fingerprint density at radius 1 is 0.650 bits per heavy atom. The lowest BCUT2D eigenvalue weighted by molar-refractivity contribution is 1.18. The van der Waals surface area contributed by atoms with E-state index < -0.39 is 0 Å². The molecule has 98 valence electrons. The molecule has 1 heteroatoms. The standard InChI is InChI=1S/C19H16S/c20-19-12-11-16(13-15-7-3-1-4-8-15)14-18(19)17-9-5-2-6-10-17/h1-12,14,20H,13H2. The molecule has 0 aliphatic carbocycles. The first-order chi connectivity index (χ1) is 9.83. The highest BCUT2D eigenvalue weighted by atomic mass is 32.1. The van der Waals surface area contributed by atoms with E-state index in [2.05, 4.69) is 85.4 Å². The van der Waals surface area contributed by atoms with Crippen LogP contribution in [-0.2, 0) is 6.42 Å². The third-order valence-electron chi connectivity index (χ3n) is 3.40. The van der Waals surface area contributed by atoms with Gasteiger partial charge in [-0.15, -0.1) is 12.6 Å². The summed E-state index contributed by atoms with van der Waals surface area (Å²) in [7, 11) is 0. The molecule has 0 nitrogen and oxygen atoms in total. The molecule has 0 amide bonds. The normalized spacial score (nSPS) is 10.4. The van der Waals surface area contributed by atoms with Crippen molar-refractivity contribution in [1.29, 1.82) is 0 Å². The highest BCUT2D eigenvalue weighted by Crippen LogP contribution is 2.28. The number of hydrogen-bond acceptors (Lipinski definition) is 1. The van der Waals surface area contributed by atoms with Crippen molar-refractivity contribution in [1.82, 2.24) is 0 Å². The summed E-state index contributed by atoms with van der Waals surface area (Å²) in [5.74, 6) is 0. The van der Waals surface area contributed by atoms with Gasteiger partial charge in [-0.3, -0.25) is 0 Å². The zero-order chi connectivity index (χ0) is 13.8. The van der Waals surface area contributed by atoms with Gasteiger partial charge in [-0.1, -0.05) is 66.7 Å². The minimum absolute atomic E-state index is 0.953. The summed E-state index contributed by atoms with van der Waals surface area (Å²) in [6.45, 7) is 0. The van der Waals surface area contributed by atoms with Crippen molar-refractivity contribution in [3.05, 3.63) is 90.0 Å². The van der Waals surface area contributed by atoms with E-state index in [0.717, 1.165) is 11.3 Å². The molecule has 0 heterocycles. The Hall–Kier alpha value is -1.99. The molecular weight excluding hydrogens is 260 g/mol. The SMILES string of the molecule is Sc1ccc(Cc2ccccc2)cc1-c1ccccc1. The Labute approximate surface area is 125 Å². The van der Waals surface area contributed by atoms with Gasteiger partial charge in [0.25, 0.3) is 0 Å². The molecular formula is C19H16S. The molecule has 0 N–H and O–H groups in total. The van der Waals surface area contributed by atoms with Crippen LogP contribution in [0.25, 0.3) is 11.1 Å². The van der Waals surface area contributed by atoms with Gasteiger partial charge in [0.05, 0.1) is 0 Å². The zero-order valence-electron chi connectivity index (χ0n) is 11.2.